The number of hydrogen-bond acceptors (Lipinski definition) is 5. The van der Waals surface area contributed by atoms with E-state index in [-0.39, 0.29) is 5.69 Å². The Hall–Kier alpha value is -1.73. The highest BCUT2D eigenvalue weighted by molar-refractivity contribution is 7.99. The summed E-state index contributed by atoms with van der Waals surface area (Å²) < 4.78 is 1.52. The van der Waals surface area contributed by atoms with E-state index in [0.717, 1.165) is 5.56 Å². The van der Waals surface area contributed by atoms with Crippen molar-refractivity contribution >= 4 is 17.4 Å². The monoisotopic (exact) mass is 280 g/mol. The lowest BCUT2D eigenvalue weighted by molar-refractivity contribution is 0.204. The smallest absolute Gasteiger partial charge is 0.343 e. The Bertz CT molecular complexity index is 608. The van der Waals surface area contributed by atoms with Crippen molar-refractivity contribution in [1.82, 2.24) is 14.8 Å². The first-order chi connectivity index (χ1) is 9.11. The van der Waals surface area contributed by atoms with Crippen molar-refractivity contribution in [3.05, 3.63) is 40.3 Å². The van der Waals surface area contributed by atoms with Crippen LogP contribution in [0.4, 0.5) is 5.69 Å². The molecule has 4 N–H and O–H groups in total. The third kappa shape index (κ3) is 3.18. The number of nitrogen functional groups attached to an aromatic ring is 1. The lowest BCUT2D eigenvalue weighted by atomic mass is 10.1. The van der Waals surface area contributed by atoms with Crippen LogP contribution in [0.25, 0.3) is 0 Å². The number of nitrogens with one attached hydrogen (secondary N) is 1. The molecular weight excluding hydrogens is 264 g/mol. The Labute approximate surface area is 114 Å². The largest absolute Gasteiger partial charge is 0.399 e. The van der Waals surface area contributed by atoms with Gasteiger partial charge in [-0.15, -0.1) is 5.10 Å². The summed E-state index contributed by atoms with van der Waals surface area (Å²) in [7, 11) is 0. The zero-order valence-electron chi connectivity index (χ0n) is 10.5. The first-order valence-electron chi connectivity index (χ1n) is 5.93. The van der Waals surface area contributed by atoms with Gasteiger partial charge in [0.25, 0.3) is 0 Å². The number of nitrogens with two attached hydrogens (primary N) is 1. The van der Waals surface area contributed by atoms with Crippen molar-refractivity contribution in [2.45, 2.75) is 24.7 Å². The molecular formula is C12H16N4O2S. The minimum atomic E-state index is -0.648. The molecule has 0 spiro atoms. The topological polar surface area (TPSA) is 96.9 Å². The molecule has 2 rings (SSSR count). The molecule has 2 aromatic rings. The van der Waals surface area contributed by atoms with Crippen molar-refractivity contribution < 1.29 is 5.11 Å². The zero-order chi connectivity index (χ0) is 13.8. The standard InChI is InChI=1S/C12H16N4O2S/c1-2-16-11(18)14-15-12(16)19-7-10(17)8-4-3-5-9(13)6-8/h3-6,10,17H,2,7,13H2,1H3,(H,14,18). The molecule has 1 heterocycles. The number of anilines is 1. The molecule has 0 aliphatic heterocycles. The Kier molecular flexibility index (Phi) is 4.28. The molecule has 0 bridgehead atoms. The van der Waals surface area contributed by atoms with Crippen LogP contribution in [0.15, 0.2) is 34.2 Å². The van der Waals surface area contributed by atoms with E-state index in [2.05, 4.69) is 10.2 Å². The Balaban J connectivity index is 2.04. The van der Waals surface area contributed by atoms with Crippen LogP contribution in [0.5, 0.6) is 0 Å². The normalized spacial score (nSPS) is 12.5. The highest BCUT2D eigenvalue weighted by Crippen LogP contribution is 2.23. The predicted molar refractivity (Wildman–Crippen MR) is 75.1 cm³/mol. The number of thioether (sulfide) groups is 1. The van der Waals surface area contributed by atoms with Crippen LogP contribution in [-0.2, 0) is 6.54 Å². The van der Waals surface area contributed by atoms with Gasteiger partial charge in [0, 0.05) is 18.0 Å². The van der Waals surface area contributed by atoms with E-state index in [1.165, 1.54) is 16.3 Å². The van der Waals surface area contributed by atoms with Crippen LogP contribution >= 0.6 is 11.8 Å². The summed E-state index contributed by atoms with van der Waals surface area (Å²) >= 11 is 1.33. The molecule has 1 unspecified atom stereocenters. The molecule has 1 atom stereocenters. The fourth-order valence-corrected chi connectivity index (χ4v) is 2.69. The second-order valence-corrected chi connectivity index (χ2v) is 5.04. The van der Waals surface area contributed by atoms with Crippen LogP contribution in [0, 0.1) is 0 Å². The number of nitrogens with zero attached hydrogens (tertiary/aromatic N) is 2. The second-order valence-electron chi connectivity index (χ2n) is 4.05. The number of aromatic nitrogens is 3. The summed E-state index contributed by atoms with van der Waals surface area (Å²) in [6.07, 6.45) is -0.648. The summed E-state index contributed by atoms with van der Waals surface area (Å²) in [5, 5.41) is 17.0. The molecule has 0 aliphatic carbocycles. The third-order valence-corrected chi connectivity index (χ3v) is 3.76. The molecule has 1 aromatic heterocycles. The van der Waals surface area contributed by atoms with E-state index in [0.29, 0.717) is 23.1 Å². The molecule has 6 nitrogen and oxygen atoms in total. The Morgan fingerprint density at radius 2 is 2.37 bits per heavy atom. The fraction of sp³-hybridized carbons (Fsp3) is 0.333. The van der Waals surface area contributed by atoms with Gasteiger partial charge in [-0.3, -0.25) is 4.57 Å². The van der Waals surface area contributed by atoms with Crippen LogP contribution in [0.1, 0.15) is 18.6 Å². The maximum atomic E-state index is 11.4. The Morgan fingerprint density at radius 1 is 1.58 bits per heavy atom. The molecule has 0 aliphatic rings. The summed E-state index contributed by atoms with van der Waals surface area (Å²) in [5.74, 6) is 0.410. The number of rotatable bonds is 5. The first-order valence-corrected chi connectivity index (χ1v) is 6.92. The maximum Gasteiger partial charge on any atom is 0.343 e. The lowest BCUT2D eigenvalue weighted by Gasteiger charge is -2.10. The van der Waals surface area contributed by atoms with Gasteiger partial charge in [-0.1, -0.05) is 23.9 Å². The van der Waals surface area contributed by atoms with E-state index in [1.807, 2.05) is 13.0 Å². The molecule has 0 radical (unpaired) electrons. The molecule has 1 aromatic carbocycles. The zero-order valence-corrected chi connectivity index (χ0v) is 11.4. The van der Waals surface area contributed by atoms with E-state index in [9.17, 15) is 9.90 Å². The summed E-state index contributed by atoms with van der Waals surface area (Å²) in [6.45, 7) is 2.42. The van der Waals surface area contributed by atoms with Gasteiger partial charge in [-0.25, -0.2) is 9.89 Å². The van der Waals surface area contributed by atoms with Crippen molar-refractivity contribution in [2.75, 3.05) is 11.5 Å². The predicted octanol–water partition coefficient (Wildman–Crippen LogP) is 0.999. The van der Waals surface area contributed by atoms with Crippen molar-refractivity contribution in [3.8, 4) is 0 Å². The highest BCUT2D eigenvalue weighted by Gasteiger charge is 2.12. The van der Waals surface area contributed by atoms with Gasteiger partial charge >= 0.3 is 5.69 Å². The fourth-order valence-electron chi connectivity index (χ4n) is 1.71. The van der Waals surface area contributed by atoms with Gasteiger partial charge in [0.2, 0.25) is 0 Å². The second kappa shape index (κ2) is 5.94. The average Bonchev–Trinajstić information content (AvgIpc) is 2.76. The number of benzene rings is 1. The highest BCUT2D eigenvalue weighted by atomic mass is 32.2. The quantitative estimate of drug-likeness (QED) is 0.561. The van der Waals surface area contributed by atoms with Crippen LogP contribution in [0.3, 0.4) is 0 Å². The summed E-state index contributed by atoms with van der Waals surface area (Å²) in [5.41, 5.74) is 6.81. The number of H-pyrrole nitrogens is 1. The minimum absolute atomic E-state index is 0.233. The number of hydrogen-bond donors (Lipinski definition) is 3. The SMILES string of the molecule is CCn1c(SCC(O)c2cccc(N)c2)n[nH]c1=O. The summed E-state index contributed by atoms with van der Waals surface area (Å²) in [4.78, 5) is 11.4. The van der Waals surface area contributed by atoms with Gasteiger partial charge in [-0.2, -0.15) is 0 Å². The van der Waals surface area contributed by atoms with Gasteiger partial charge in [0.1, 0.15) is 0 Å². The van der Waals surface area contributed by atoms with Crippen LogP contribution in [-0.4, -0.2) is 25.6 Å². The van der Waals surface area contributed by atoms with Crippen LogP contribution < -0.4 is 11.4 Å². The van der Waals surface area contributed by atoms with Crippen molar-refractivity contribution in [3.63, 3.8) is 0 Å². The molecule has 0 saturated carbocycles. The van der Waals surface area contributed by atoms with Gasteiger partial charge in [-0.05, 0) is 24.6 Å². The molecule has 0 saturated heterocycles. The molecule has 19 heavy (non-hydrogen) atoms. The molecule has 0 fully saturated rings. The van der Waals surface area contributed by atoms with E-state index < -0.39 is 6.10 Å². The van der Waals surface area contributed by atoms with Gasteiger partial charge in [0.05, 0.1) is 6.10 Å². The Morgan fingerprint density at radius 3 is 3.05 bits per heavy atom. The number of aromatic amines is 1. The van der Waals surface area contributed by atoms with E-state index in [1.54, 1.807) is 18.2 Å². The minimum Gasteiger partial charge on any atom is -0.399 e. The third-order valence-electron chi connectivity index (χ3n) is 2.71. The maximum absolute atomic E-state index is 11.4. The average molecular weight is 280 g/mol. The summed E-state index contributed by atoms with van der Waals surface area (Å²) in [6, 6.07) is 7.13. The lowest BCUT2D eigenvalue weighted by Crippen LogP contribution is -2.16. The van der Waals surface area contributed by atoms with Crippen LogP contribution in [0.2, 0.25) is 0 Å². The van der Waals surface area contributed by atoms with Gasteiger partial charge < -0.3 is 10.8 Å². The number of aliphatic hydroxyl groups excluding tert-OH is 1. The first kappa shape index (κ1) is 13.7. The van der Waals surface area contributed by atoms with Crippen molar-refractivity contribution in [1.29, 1.82) is 0 Å². The van der Waals surface area contributed by atoms with Gasteiger partial charge in [0.15, 0.2) is 5.16 Å². The molecule has 7 heteroatoms. The molecule has 0 amide bonds. The number of aliphatic hydroxyl groups is 1. The van der Waals surface area contributed by atoms with E-state index >= 15 is 0 Å². The van der Waals surface area contributed by atoms with E-state index in [4.69, 9.17) is 5.73 Å². The van der Waals surface area contributed by atoms with Crippen molar-refractivity contribution in [2.24, 2.45) is 0 Å². The molecule has 102 valence electrons.